The summed E-state index contributed by atoms with van der Waals surface area (Å²) in [5.41, 5.74) is 1.29. The SMILES string of the molecule is CN(C)CC=CC(=O)N1CCc2c(sc3ncnc(N[C@H](CO)c4ccccc4)c23)C1(F)F. The molecule has 0 radical (unpaired) electrons. The molecule has 3 heterocycles. The number of halogens is 2. The standard InChI is InChI=1S/C23H25F2N5O2S/c1-29(2)11-6-9-18(32)30-12-10-16-19-21(28-17(13-31)15-7-4-3-5-8-15)26-14-27-22(19)33-20(16)23(30,24)25/h3-9,14,17,31H,10-13H2,1-2H3,(H,26,27,28)/t17-/m1/s1. The Morgan fingerprint density at radius 2 is 2.09 bits per heavy atom. The maximum atomic E-state index is 15.4. The highest BCUT2D eigenvalue weighted by atomic mass is 32.1. The van der Waals surface area contributed by atoms with Crippen molar-refractivity contribution in [2.24, 2.45) is 0 Å². The predicted octanol–water partition coefficient (Wildman–Crippen LogP) is 3.39. The van der Waals surface area contributed by atoms with Crippen LogP contribution < -0.4 is 5.32 Å². The number of aromatic nitrogens is 2. The third kappa shape index (κ3) is 4.59. The van der Waals surface area contributed by atoms with Crippen molar-refractivity contribution in [3.8, 4) is 0 Å². The van der Waals surface area contributed by atoms with Crippen LogP contribution in [0.2, 0.25) is 0 Å². The summed E-state index contributed by atoms with van der Waals surface area (Å²) in [7, 11) is 3.67. The van der Waals surface area contributed by atoms with E-state index in [4.69, 9.17) is 0 Å². The maximum absolute atomic E-state index is 15.4. The fraction of sp³-hybridized carbons (Fsp3) is 0.348. The molecule has 1 amide bonds. The highest BCUT2D eigenvalue weighted by molar-refractivity contribution is 7.19. The van der Waals surface area contributed by atoms with Gasteiger partial charge in [0.15, 0.2) is 0 Å². The van der Waals surface area contributed by atoms with Crippen LogP contribution in [0.25, 0.3) is 10.2 Å². The van der Waals surface area contributed by atoms with Crippen LogP contribution in [-0.2, 0) is 17.3 Å². The molecule has 1 aromatic carbocycles. The van der Waals surface area contributed by atoms with Crippen LogP contribution in [0.5, 0.6) is 0 Å². The number of nitrogens with zero attached hydrogens (tertiary/aromatic N) is 4. The molecule has 0 spiro atoms. The van der Waals surface area contributed by atoms with E-state index in [1.165, 1.54) is 12.4 Å². The number of rotatable bonds is 7. The van der Waals surface area contributed by atoms with E-state index in [1.807, 2.05) is 49.3 Å². The van der Waals surface area contributed by atoms with E-state index in [1.54, 1.807) is 6.08 Å². The Kier molecular flexibility index (Phi) is 6.68. The van der Waals surface area contributed by atoms with Crippen LogP contribution in [0.15, 0.2) is 48.8 Å². The molecule has 4 rings (SSSR count). The van der Waals surface area contributed by atoms with Gasteiger partial charge >= 0.3 is 6.05 Å². The van der Waals surface area contributed by atoms with Crippen LogP contribution in [0.4, 0.5) is 14.6 Å². The third-order valence-corrected chi connectivity index (χ3v) is 6.68. The Labute approximate surface area is 194 Å². The molecule has 1 atom stereocenters. The highest BCUT2D eigenvalue weighted by Crippen LogP contribution is 2.47. The smallest absolute Gasteiger partial charge is 0.364 e. The summed E-state index contributed by atoms with van der Waals surface area (Å²) in [6.07, 6.45) is 4.35. The van der Waals surface area contributed by atoms with Crippen molar-refractivity contribution in [3.63, 3.8) is 0 Å². The lowest BCUT2D eigenvalue weighted by Crippen LogP contribution is -2.47. The van der Waals surface area contributed by atoms with Gasteiger partial charge in [-0.1, -0.05) is 36.4 Å². The number of nitrogens with one attached hydrogen (secondary N) is 1. The quantitative estimate of drug-likeness (QED) is 0.405. The number of thiophene rings is 1. The number of fused-ring (bicyclic) bond motifs is 3. The van der Waals surface area contributed by atoms with Gasteiger partial charge in [0, 0.05) is 19.2 Å². The van der Waals surface area contributed by atoms with Crippen molar-refractivity contribution in [2.75, 3.05) is 39.1 Å². The first kappa shape index (κ1) is 23.2. The van der Waals surface area contributed by atoms with Crippen LogP contribution in [0, 0.1) is 0 Å². The molecule has 174 valence electrons. The van der Waals surface area contributed by atoms with Gasteiger partial charge in [0.05, 0.1) is 18.0 Å². The number of hydrogen-bond donors (Lipinski definition) is 2. The third-order valence-electron chi connectivity index (χ3n) is 5.48. The van der Waals surface area contributed by atoms with E-state index < -0.39 is 18.0 Å². The van der Waals surface area contributed by atoms with Gasteiger partial charge in [-0.05, 0) is 31.6 Å². The Bertz CT molecular complexity index is 1170. The summed E-state index contributed by atoms with van der Waals surface area (Å²) in [6, 6.07) is 5.44. The highest BCUT2D eigenvalue weighted by Gasteiger charge is 2.48. The van der Waals surface area contributed by atoms with Crippen LogP contribution in [0.1, 0.15) is 22.0 Å². The molecule has 3 aromatic rings. The number of alkyl halides is 2. The molecule has 0 aliphatic carbocycles. The predicted molar refractivity (Wildman–Crippen MR) is 124 cm³/mol. The number of carbonyl (C=O) groups excluding carboxylic acids is 1. The zero-order chi connectivity index (χ0) is 23.6. The fourth-order valence-electron chi connectivity index (χ4n) is 3.86. The molecule has 0 fully saturated rings. The summed E-state index contributed by atoms with van der Waals surface area (Å²) >= 11 is 0.871. The average Bonchev–Trinajstić information content (AvgIpc) is 3.19. The largest absolute Gasteiger partial charge is 0.394 e. The Hall–Kier alpha value is -2.95. The molecule has 33 heavy (non-hydrogen) atoms. The van der Waals surface area contributed by atoms with Gasteiger partial charge < -0.3 is 15.3 Å². The molecule has 1 aliphatic heterocycles. The summed E-state index contributed by atoms with van der Waals surface area (Å²) in [5, 5.41) is 13.6. The molecule has 7 nitrogen and oxygen atoms in total. The van der Waals surface area contributed by atoms with Crippen LogP contribution in [-0.4, -0.2) is 64.6 Å². The normalized spacial score (nSPS) is 16.4. The Morgan fingerprint density at radius 1 is 1.33 bits per heavy atom. The number of benzene rings is 1. The van der Waals surface area contributed by atoms with E-state index in [0.29, 0.717) is 33.0 Å². The van der Waals surface area contributed by atoms with Crippen LogP contribution in [0.3, 0.4) is 0 Å². The molecule has 10 heteroatoms. The number of likely N-dealkylation sites (N-methyl/N-ethyl adjacent to an activating group) is 1. The first-order valence-corrected chi connectivity index (χ1v) is 11.3. The molecule has 0 bridgehead atoms. The molecule has 2 N–H and O–H groups in total. The zero-order valence-electron chi connectivity index (χ0n) is 18.3. The zero-order valence-corrected chi connectivity index (χ0v) is 19.1. The van der Waals surface area contributed by atoms with Gasteiger partial charge in [0.1, 0.15) is 21.9 Å². The van der Waals surface area contributed by atoms with Gasteiger partial charge in [-0.2, -0.15) is 8.78 Å². The molecule has 0 saturated carbocycles. The number of hydrogen-bond acceptors (Lipinski definition) is 7. The summed E-state index contributed by atoms with van der Waals surface area (Å²) in [4.78, 5) is 23.7. The minimum absolute atomic E-state index is 0.118. The van der Waals surface area contributed by atoms with Crippen LogP contribution >= 0.6 is 11.3 Å². The van der Waals surface area contributed by atoms with Gasteiger partial charge in [-0.3, -0.25) is 9.69 Å². The lowest BCUT2D eigenvalue weighted by atomic mass is 10.0. The van der Waals surface area contributed by atoms with Crippen molar-refractivity contribution in [2.45, 2.75) is 18.5 Å². The van der Waals surface area contributed by atoms with Crippen molar-refractivity contribution in [3.05, 3.63) is 64.8 Å². The van der Waals surface area contributed by atoms with E-state index in [-0.39, 0.29) is 24.4 Å². The molecule has 0 saturated heterocycles. The minimum Gasteiger partial charge on any atom is -0.394 e. The summed E-state index contributed by atoms with van der Waals surface area (Å²) in [5.74, 6) is -0.333. The van der Waals surface area contributed by atoms with E-state index in [9.17, 15) is 9.90 Å². The van der Waals surface area contributed by atoms with Crippen molar-refractivity contribution in [1.82, 2.24) is 19.8 Å². The second kappa shape index (κ2) is 9.50. The molecule has 2 aromatic heterocycles. The van der Waals surface area contributed by atoms with Gasteiger partial charge in [0.2, 0.25) is 0 Å². The number of anilines is 1. The summed E-state index contributed by atoms with van der Waals surface area (Å²) in [6.45, 7) is 0.171. The van der Waals surface area contributed by atoms with E-state index in [0.717, 1.165) is 16.9 Å². The lowest BCUT2D eigenvalue weighted by molar-refractivity contribution is -0.176. The lowest BCUT2D eigenvalue weighted by Gasteiger charge is -2.34. The maximum Gasteiger partial charge on any atom is 0.364 e. The monoisotopic (exact) mass is 473 g/mol. The van der Waals surface area contributed by atoms with Crippen molar-refractivity contribution < 1.29 is 18.7 Å². The number of carbonyl (C=O) groups is 1. The first-order valence-electron chi connectivity index (χ1n) is 10.5. The molecular weight excluding hydrogens is 448 g/mol. The topological polar surface area (TPSA) is 81.6 Å². The Morgan fingerprint density at radius 3 is 2.79 bits per heavy atom. The second-order valence-corrected chi connectivity index (χ2v) is 9.05. The molecular formula is C23H25F2N5O2S. The second-order valence-electron chi connectivity index (χ2n) is 8.05. The van der Waals surface area contributed by atoms with Crippen molar-refractivity contribution in [1.29, 1.82) is 0 Å². The van der Waals surface area contributed by atoms with E-state index >= 15 is 8.78 Å². The van der Waals surface area contributed by atoms with E-state index in [2.05, 4.69) is 15.3 Å². The first-order chi connectivity index (χ1) is 15.8. The number of amides is 1. The molecule has 0 unspecified atom stereocenters. The van der Waals surface area contributed by atoms with Gasteiger partial charge in [-0.15, -0.1) is 11.3 Å². The Balaban J connectivity index is 1.68. The summed E-state index contributed by atoms with van der Waals surface area (Å²) < 4.78 is 30.8. The minimum atomic E-state index is -3.45. The molecule has 1 aliphatic rings. The number of aliphatic hydroxyl groups excluding tert-OH is 1. The van der Waals surface area contributed by atoms with Gasteiger partial charge in [-0.25, -0.2) is 9.97 Å². The number of aliphatic hydroxyl groups is 1. The van der Waals surface area contributed by atoms with Crippen molar-refractivity contribution >= 4 is 33.3 Å². The van der Waals surface area contributed by atoms with Gasteiger partial charge in [0.25, 0.3) is 5.91 Å². The average molecular weight is 474 g/mol. The fourth-order valence-corrected chi connectivity index (χ4v) is 5.03.